The van der Waals surface area contributed by atoms with Crippen LogP contribution in [0.5, 0.6) is 0 Å². The summed E-state index contributed by atoms with van der Waals surface area (Å²) in [4.78, 5) is 29.0. The molecule has 1 N–H and O–H groups in total. The van der Waals surface area contributed by atoms with Gasteiger partial charge in [-0.1, -0.05) is 24.3 Å². The topological polar surface area (TPSA) is 68.3 Å². The molecule has 0 bridgehead atoms. The Bertz CT molecular complexity index is 917. The van der Waals surface area contributed by atoms with E-state index in [1.54, 1.807) is 18.3 Å². The first-order valence-electron chi connectivity index (χ1n) is 8.03. The number of ether oxygens (including phenoxy) is 1. The first-order valence-corrected chi connectivity index (χ1v) is 9.79. The molecule has 0 unspecified atom stereocenters. The number of carbonyl (C=O) groups is 2. The van der Waals surface area contributed by atoms with E-state index in [2.05, 4.69) is 10.3 Å². The fourth-order valence-corrected chi connectivity index (χ4v) is 4.02. The van der Waals surface area contributed by atoms with E-state index in [0.717, 1.165) is 21.7 Å². The molecule has 7 heteroatoms. The van der Waals surface area contributed by atoms with Gasteiger partial charge in [-0.25, -0.2) is 9.78 Å². The van der Waals surface area contributed by atoms with Gasteiger partial charge in [0.25, 0.3) is 5.91 Å². The van der Waals surface area contributed by atoms with E-state index in [4.69, 9.17) is 4.74 Å². The fourth-order valence-electron chi connectivity index (χ4n) is 2.35. The van der Waals surface area contributed by atoms with Gasteiger partial charge in [0.15, 0.2) is 6.61 Å². The van der Waals surface area contributed by atoms with Crippen molar-refractivity contribution >= 4 is 34.6 Å². The Kier molecular flexibility index (Phi) is 5.80. The summed E-state index contributed by atoms with van der Waals surface area (Å²) in [6.45, 7) is 3.85. The van der Waals surface area contributed by atoms with Gasteiger partial charge in [0.2, 0.25) is 0 Å². The maximum Gasteiger partial charge on any atom is 0.350 e. The fraction of sp³-hybridized carbons (Fsp3) is 0.211. The van der Waals surface area contributed by atoms with E-state index in [-0.39, 0.29) is 12.5 Å². The highest BCUT2D eigenvalue weighted by Crippen LogP contribution is 2.29. The van der Waals surface area contributed by atoms with Crippen molar-refractivity contribution in [3.05, 3.63) is 62.8 Å². The van der Waals surface area contributed by atoms with Crippen LogP contribution in [-0.4, -0.2) is 23.5 Å². The number of aromatic nitrogens is 1. The molecular formula is C19H18N2O3S2. The number of carbonyl (C=O) groups excluding carboxylic acids is 2. The van der Waals surface area contributed by atoms with Crippen molar-refractivity contribution in [2.24, 2.45) is 0 Å². The Hall–Kier alpha value is -2.51. The molecular weight excluding hydrogens is 368 g/mol. The third kappa shape index (κ3) is 4.36. The van der Waals surface area contributed by atoms with E-state index in [1.165, 1.54) is 11.3 Å². The van der Waals surface area contributed by atoms with Crippen LogP contribution in [0, 0.1) is 13.8 Å². The number of thiophene rings is 1. The summed E-state index contributed by atoms with van der Waals surface area (Å²) >= 11 is 2.85. The maximum absolute atomic E-state index is 12.3. The highest BCUT2D eigenvalue weighted by Gasteiger charge is 2.18. The van der Waals surface area contributed by atoms with E-state index in [0.29, 0.717) is 17.1 Å². The van der Waals surface area contributed by atoms with Crippen LogP contribution >= 0.6 is 22.7 Å². The predicted octanol–water partition coefficient (Wildman–Crippen LogP) is 3.96. The molecule has 2 aromatic heterocycles. The van der Waals surface area contributed by atoms with Gasteiger partial charge in [-0.15, -0.1) is 11.3 Å². The zero-order valence-corrected chi connectivity index (χ0v) is 16.1. The van der Waals surface area contributed by atoms with Crippen LogP contribution in [0.25, 0.3) is 10.6 Å². The molecule has 3 aromatic rings. The Morgan fingerprint density at radius 2 is 2.00 bits per heavy atom. The average Bonchev–Trinajstić information content (AvgIpc) is 3.28. The van der Waals surface area contributed by atoms with Crippen molar-refractivity contribution in [3.63, 3.8) is 0 Å². The molecule has 3 rings (SSSR count). The summed E-state index contributed by atoms with van der Waals surface area (Å²) in [6, 6.07) is 9.76. The number of thiazole rings is 1. The highest BCUT2D eigenvalue weighted by atomic mass is 32.1. The van der Waals surface area contributed by atoms with Crippen molar-refractivity contribution in [2.75, 3.05) is 6.61 Å². The van der Waals surface area contributed by atoms with Gasteiger partial charge in [0, 0.05) is 17.5 Å². The molecule has 2 heterocycles. The van der Waals surface area contributed by atoms with Crippen molar-refractivity contribution < 1.29 is 14.3 Å². The van der Waals surface area contributed by atoms with Gasteiger partial charge in [-0.05, 0) is 36.4 Å². The minimum Gasteiger partial charge on any atom is -0.451 e. The molecule has 0 fully saturated rings. The minimum absolute atomic E-state index is 0.310. The van der Waals surface area contributed by atoms with E-state index in [1.807, 2.05) is 48.0 Å². The molecule has 0 saturated carbocycles. The van der Waals surface area contributed by atoms with Gasteiger partial charge in [-0.3, -0.25) is 4.79 Å². The standard InChI is InChI=1S/C19H18N2O3S2/c1-12-5-3-4-6-14(12)9-20-16(22)10-24-19(23)17-13(2)21-18(26-17)15-7-8-25-11-15/h3-8,11H,9-10H2,1-2H3,(H,20,22). The van der Waals surface area contributed by atoms with Crippen LogP contribution < -0.4 is 5.32 Å². The van der Waals surface area contributed by atoms with Gasteiger partial charge >= 0.3 is 5.97 Å². The first-order chi connectivity index (χ1) is 12.5. The van der Waals surface area contributed by atoms with Crippen LogP contribution in [0.4, 0.5) is 0 Å². The minimum atomic E-state index is -0.521. The average molecular weight is 386 g/mol. The van der Waals surface area contributed by atoms with Crippen LogP contribution in [-0.2, 0) is 16.1 Å². The second-order valence-corrected chi connectivity index (χ2v) is 7.50. The third-order valence-corrected chi connectivity index (χ3v) is 5.69. The molecule has 0 aliphatic rings. The predicted molar refractivity (Wildman–Crippen MR) is 103 cm³/mol. The molecule has 26 heavy (non-hydrogen) atoms. The summed E-state index contributed by atoms with van der Waals surface area (Å²) in [5, 5.41) is 7.48. The molecule has 134 valence electrons. The summed E-state index contributed by atoms with van der Waals surface area (Å²) in [6.07, 6.45) is 0. The first kappa shape index (κ1) is 18.3. The number of nitrogens with zero attached hydrogens (tertiary/aromatic N) is 1. The second kappa shape index (κ2) is 8.25. The van der Waals surface area contributed by atoms with Crippen LogP contribution in [0.15, 0.2) is 41.1 Å². The second-order valence-electron chi connectivity index (χ2n) is 5.72. The number of hydrogen-bond acceptors (Lipinski definition) is 6. The molecule has 1 amide bonds. The summed E-state index contributed by atoms with van der Waals surface area (Å²) in [7, 11) is 0. The highest BCUT2D eigenvalue weighted by molar-refractivity contribution is 7.17. The van der Waals surface area contributed by atoms with E-state index in [9.17, 15) is 9.59 Å². The van der Waals surface area contributed by atoms with E-state index >= 15 is 0 Å². The van der Waals surface area contributed by atoms with Gasteiger partial charge in [0.1, 0.15) is 9.88 Å². The lowest BCUT2D eigenvalue weighted by molar-refractivity contribution is -0.124. The summed E-state index contributed by atoms with van der Waals surface area (Å²) < 4.78 is 5.14. The Labute approximate surface area is 159 Å². The number of esters is 1. The number of aryl methyl sites for hydroxylation is 2. The van der Waals surface area contributed by atoms with Crippen LogP contribution in [0.3, 0.4) is 0 Å². The molecule has 1 aromatic carbocycles. The molecule has 0 aliphatic heterocycles. The Morgan fingerprint density at radius 1 is 1.19 bits per heavy atom. The van der Waals surface area contributed by atoms with Gasteiger partial charge in [-0.2, -0.15) is 11.3 Å². The lowest BCUT2D eigenvalue weighted by Gasteiger charge is -2.08. The van der Waals surface area contributed by atoms with Crippen LogP contribution in [0.2, 0.25) is 0 Å². The smallest absolute Gasteiger partial charge is 0.350 e. The monoisotopic (exact) mass is 386 g/mol. The van der Waals surface area contributed by atoms with Crippen molar-refractivity contribution in [3.8, 4) is 10.6 Å². The summed E-state index contributed by atoms with van der Waals surface area (Å²) in [5.41, 5.74) is 3.73. The van der Waals surface area contributed by atoms with E-state index < -0.39 is 5.97 Å². The van der Waals surface area contributed by atoms with Gasteiger partial charge < -0.3 is 10.1 Å². The quantitative estimate of drug-likeness (QED) is 0.651. The maximum atomic E-state index is 12.3. The summed E-state index contributed by atoms with van der Waals surface area (Å²) in [5.74, 6) is -0.852. The van der Waals surface area contributed by atoms with Crippen molar-refractivity contribution in [2.45, 2.75) is 20.4 Å². The van der Waals surface area contributed by atoms with Crippen molar-refractivity contribution in [1.29, 1.82) is 0 Å². The molecule has 0 aliphatic carbocycles. The zero-order chi connectivity index (χ0) is 18.5. The largest absolute Gasteiger partial charge is 0.451 e. The number of rotatable bonds is 6. The number of benzene rings is 1. The molecule has 0 atom stereocenters. The third-order valence-electron chi connectivity index (χ3n) is 3.82. The molecule has 0 radical (unpaired) electrons. The van der Waals surface area contributed by atoms with Crippen molar-refractivity contribution in [1.82, 2.24) is 10.3 Å². The normalized spacial score (nSPS) is 10.5. The Morgan fingerprint density at radius 3 is 2.73 bits per heavy atom. The van der Waals surface area contributed by atoms with Gasteiger partial charge in [0.05, 0.1) is 5.69 Å². The molecule has 0 spiro atoms. The number of hydrogen-bond donors (Lipinski definition) is 1. The lowest BCUT2D eigenvalue weighted by Crippen LogP contribution is -2.28. The molecule has 5 nitrogen and oxygen atoms in total. The Balaban J connectivity index is 1.54. The zero-order valence-electron chi connectivity index (χ0n) is 14.4. The lowest BCUT2D eigenvalue weighted by atomic mass is 10.1. The SMILES string of the molecule is Cc1ccccc1CNC(=O)COC(=O)c1sc(-c2ccsc2)nc1C. The number of amides is 1. The molecule has 0 saturated heterocycles. The van der Waals surface area contributed by atoms with Crippen LogP contribution in [0.1, 0.15) is 26.5 Å². The number of nitrogens with one attached hydrogen (secondary N) is 1.